The Morgan fingerprint density at radius 2 is 1.95 bits per heavy atom. The van der Waals surface area contributed by atoms with Gasteiger partial charge in [0, 0.05) is 16.2 Å². The number of pyridine rings is 1. The molecule has 0 radical (unpaired) electrons. The monoisotopic (exact) mass is 353 g/mol. The summed E-state index contributed by atoms with van der Waals surface area (Å²) >= 11 is 9.65. The van der Waals surface area contributed by atoms with Crippen molar-refractivity contribution in [2.75, 3.05) is 0 Å². The van der Waals surface area contributed by atoms with Crippen molar-refractivity contribution in [2.45, 2.75) is 13.8 Å². The molecule has 2 aromatic rings. The Balaban J connectivity index is 2.40. The van der Waals surface area contributed by atoms with Gasteiger partial charge in [-0.2, -0.15) is 0 Å². The molecule has 2 rings (SSSR count). The summed E-state index contributed by atoms with van der Waals surface area (Å²) in [5.41, 5.74) is 7.97. The number of nitrogens with one attached hydrogen (secondary N) is 1. The molecule has 1 aromatic carbocycles. The van der Waals surface area contributed by atoms with Gasteiger partial charge in [-0.15, -0.1) is 0 Å². The standard InChI is InChI=1S/C14H13BrClN3O/c1-7-5-9(6-8(2)11(7)15)20-14-12(16)10(13(17)18)3-4-19-14/h3-6H,1-2H3,(H3,17,18). The molecule has 0 saturated heterocycles. The molecule has 0 atom stereocenters. The van der Waals surface area contributed by atoms with Gasteiger partial charge in [-0.3, -0.25) is 5.41 Å². The molecule has 1 aromatic heterocycles. The number of nitrogen functional groups attached to an aromatic ring is 1. The van der Waals surface area contributed by atoms with Crippen LogP contribution in [0.2, 0.25) is 5.02 Å². The Hall–Kier alpha value is -1.59. The first-order chi connectivity index (χ1) is 9.40. The van der Waals surface area contributed by atoms with Crippen molar-refractivity contribution >= 4 is 33.4 Å². The highest BCUT2D eigenvalue weighted by Gasteiger charge is 2.12. The molecule has 0 bridgehead atoms. The molecular weight excluding hydrogens is 342 g/mol. The molecule has 0 fully saturated rings. The van der Waals surface area contributed by atoms with Crippen LogP contribution >= 0.6 is 27.5 Å². The lowest BCUT2D eigenvalue weighted by Crippen LogP contribution is -2.12. The van der Waals surface area contributed by atoms with Crippen molar-refractivity contribution in [3.05, 3.63) is 50.6 Å². The van der Waals surface area contributed by atoms with E-state index in [1.165, 1.54) is 6.20 Å². The molecule has 3 N–H and O–H groups in total. The van der Waals surface area contributed by atoms with Gasteiger partial charge in [-0.05, 0) is 43.2 Å². The van der Waals surface area contributed by atoms with Crippen LogP contribution in [0.5, 0.6) is 11.6 Å². The second kappa shape index (κ2) is 5.81. The highest BCUT2D eigenvalue weighted by atomic mass is 79.9. The van der Waals surface area contributed by atoms with Crippen LogP contribution in [0.3, 0.4) is 0 Å². The number of benzene rings is 1. The summed E-state index contributed by atoms with van der Waals surface area (Å²) < 4.78 is 6.74. The van der Waals surface area contributed by atoms with Crippen LogP contribution in [0.1, 0.15) is 16.7 Å². The van der Waals surface area contributed by atoms with Gasteiger partial charge in [0.15, 0.2) is 0 Å². The van der Waals surface area contributed by atoms with E-state index in [0.717, 1.165) is 15.6 Å². The maximum absolute atomic E-state index is 7.45. The molecule has 0 aliphatic heterocycles. The van der Waals surface area contributed by atoms with Crippen molar-refractivity contribution in [3.63, 3.8) is 0 Å². The van der Waals surface area contributed by atoms with Crippen LogP contribution in [-0.2, 0) is 0 Å². The van der Waals surface area contributed by atoms with E-state index < -0.39 is 0 Å². The highest BCUT2D eigenvalue weighted by Crippen LogP contribution is 2.32. The zero-order valence-electron chi connectivity index (χ0n) is 11.0. The van der Waals surface area contributed by atoms with E-state index in [1.54, 1.807) is 6.07 Å². The summed E-state index contributed by atoms with van der Waals surface area (Å²) in [5.74, 6) is 0.754. The predicted molar refractivity (Wildman–Crippen MR) is 84.0 cm³/mol. The zero-order valence-corrected chi connectivity index (χ0v) is 13.3. The number of nitrogens with two attached hydrogens (primary N) is 1. The lowest BCUT2D eigenvalue weighted by Gasteiger charge is -2.11. The van der Waals surface area contributed by atoms with Gasteiger partial charge in [-0.1, -0.05) is 27.5 Å². The van der Waals surface area contributed by atoms with Crippen molar-refractivity contribution < 1.29 is 4.74 Å². The third-order valence-corrected chi connectivity index (χ3v) is 4.39. The van der Waals surface area contributed by atoms with Crippen LogP contribution in [-0.4, -0.2) is 10.8 Å². The summed E-state index contributed by atoms with van der Waals surface area (Å²) in [6.07, 6.45) is 1.51. The quantitative estimate of drug-likeness (QED) is 0.641. The fraction of sp³-hybridized carbons (Fsp3) is 0.143. The Kier molecular flexibility index (Phi) is 4.30. The molecule has 0 aliphatic rings. The number of hydrogen-bond donors (Lipinski definition) is 2. The second-order valence-corrected chi connectivity index (χ2v) is 5.54. The van der Waals surface area contributed by atoms with Gasteiger partial charge in [0.25, 0.3) is 0 Å². The van der Waals surface area contributed by atoms with Crippen molar-refractivity contribution in [2.24, 2.45) is 5.73 Å². The topological polar surface area (TPSA) is 72.0 Å². The van der Waals surface area contributed by atoms with Crippen molar-refractivity contribution in [1.82, 2.24) is 4.98 Å². The largest absolute Gasteiger partial charge is 0.437 e. The van der Waals surface area contributed by atoms with Crippen LogP contribution in [0.4, 0.5) is 0 Å². The normalized spacial score (nSPS) is 10.4. The van der Waals surface area contributed by atoms with Crippen molar-refractivity contribution in [3.8, 4) is 11.6 Å². The van der Waals surface area contributed by atoms with Gasteiger partial charge >= 0.3 is 0 Å². The number of amidine groups is 1. The van der Waals surface area contributed by atoms with Gasteiger partial charge in [0.05, 0.1) is 0 Å². The predicted octanol–water partition coefficient (Wildman–Crippen LogP) is 4.19. The van der Waals surface area contributed by atoms with E-state index in [2.05, 4.69) is 20.9 Å². The molecule has 1 heterocycles. The molecule has 20 heavy (non-hydrogen) atoms. The van der Waals surface area contributed by atoms with Crippen LogP contribution in [0, 0.1) is 19.3 Å². The summed E-state index contributed by atoms with van der Waals surface area (Å²) in [5, 5.41) is 7.69. The number of hydrogen-bond acceptors (Lipinski definition) is 3. The third kappa shape index (κ3) is 2.94. The number of ether oxygens (including phenoxy) is 1. The molecule has 0 saturated carbocycles. The average Bonchev–Trinajstić information content (AvgIpc) is 2.38. The Bertz CT molecular complexity index is 665. The molecule has 6 heteroatoms. The van der Waals surface area contributed by atoms with Gasteiger partial charge < -0.3 is 10.5 Å². The molecule has 4 nitrogen and oxygen atoms in total. The Labute approximate surface area is 130 Å². The second-order valence-electron chi connectivity index (χ2n) is 4.36. The van der Waals surface area contributed by atoms with Gasteiger partial charge in [0.1, 0.15) is 16.6 Å². The lowest BCUT2D eigenvalue weighted by atomic mass is 10.1. The first kappa shape index (κ1) is 14.8. The van der Waals surface area contributed by atoms with Crippen LogP contribution in [0.15, 0.2) is 28.9 Å². The number of rotatable bonds is 3. The van der Waals surface area contributed by atoms with E-state index in [9.17, 15) is 0 Å². The van der Waals surface area contributed by atoms with Crippen molar-refractivity contribution in [1.29, 1.82) is 5.41 Å². The molecule has 0 amide bonds. The average molecular weight is 355 g/mol. The van der Waals surface area contributed by atoms with Gasteiger partial charge in [-0.25, -0.2) is 4.98 Å². The van der Waals surface area contributed by atoms with E-state index >= 15 is 0 Å². The first-order valence-corrected chi connectivity index (χ1v) is 7.00. The SMILES string of the molecule is Cc1cc(Oc2nccc(C(=N)N)c2Cl)cc(C)c1Br. The van der Waals surface area contributed by atoms with Crippen LogP contribution < -0.4 is 10.5 Å². The maximum Gasteiger partial charge on any atom is 0.238 e. The molecule has 0 unspecified atom stereocenters. The molecule has 0 spiro atoms. The highest BCUT2D eigenvalue weighted by molar-refractivity contribution is 9.10. The van der Waals surface area contributed by atoms with E-state index in [0.29, 0.717) is 11.3 Å². The fourth-order valence-electron chi connectivity index (χ4n) is 1.78. The summed E-state index contributed by atoms with van der Waals surface area (Å²) in [4.78, 5) is 4.08. The molecule has 0 aliphatic carbocycles. The van der Waals surface area contributed by atoms with Crippen LogP contribution in [0.25, 0.3) is 0 Å². The molecular formula is C14H13BrClN3O. The first-order valence-electron chi connectivity index (χ1n) is 5.83. The van der Waals surface area contributed by atoms with Gasteiger partial charge in [0.2, 0.25) is 5.88 Å². The van der Waals surface area contributed by atoms with E-state index in [4.69, 9.17) is 27.5 Å². The minimum absolute atomic E-state index is 0.120. The summed E-state index contributed by atoms with van der Waals surface area (Å²) in [6.45, 7) is 3.95. The summed E-state index contributed by atoms with van der Waals surface area (Å²) in [6, 6.07) is 5.35. The minimum atomic E-state index is -0.120. The molecule has 104 valence electrons. The Morgan fingerprint density at radius 3 is 2.50 bits per heavy atom. The Morgan fingerprint density at radius 1 is 1.35 bits per heavy atom. The van der Waals surface area contributed by atoms with E-state index in [1.807, 2.05) is 26.0 Å². The lowest BCUT2D eigenvalue weighted by molar-refractivity contribution is 0.462. The van der Waals surface area contributed by atoms with E-state index in [-0.39, 0.29) is 16.7 Å². The fourth-order valence-corrected chi connectivity index (χ4v) is 2.26. The number of aryl methyl sites for hydroxylation is 2. The maximum atomic E-state index is 7.45. The summed E-state index contributed by atoms with van der Waals surface area (Å²) in [7, 11) is 0. The third-order valence-electron chi connectivity index (χ3n) is 2.77. The smallest absolute Gasteiger partial charge is 0.238 e. The number of nitrogens with zero attached hydrogens (tertiary/aromatic N) is 1. The minimum Gasteiger partial charge on any atom is -0.437 e. The number of aromatic nitrogens is 1. The number of halogens is 2. The zero-order chi connectivity index (χ0) is 14.9.